The molecule has 3 nitrogen and oxygen atoms in total. The Morgan fingerprint density at radius 1 is 0.710 bits per heavy atom. The number of fused-ring (bicyclic) bond motifs is 5. The first-order valence-corrected chi connectivity index (χ1v) is 10.0. The number of hydrogen-bond donors (Lipinski definition) is 0. The summed E-state index contributed by atoms with van der Waals surface area (Å²) in [6.45, 7) is 0. The number of rotatable bonds is 1. The molecular formula is C27H15FO3. The van der Waals surface area contributed by atoms with Crippen molar-refractivity contribution in [2.75, 3.05) is 0 Å². The second-order valence-electron chi connectivity index (χ2n) is 7.73. The molecule has 4 heteroatoms. The zero-order chi connectivity index (χ0) is 21.1. The van der Waals surface area contributed by atoms with Gasteiger partial charge in [-0.1, -0.05) is 66.7 Å². The van der Waals surface area contributed by atoms with Gasteiger partial charge in [-0.3, -0.25) is 9.59 Å². The Balaban J connectivity index is 1.72. The fraction of sp³-hybridized carbons (Fsp3) is 0.0370. The van der Waals surface area contributed by atoms with Crippen LogP contribution in [0.1, 0.15) is 33.0 Å². The third kappa shape index (κ3) is 2.51. The first-order valence-electron chi connectivity index (χ1n) is 10.0. The van der Waals surface area contributed by atoms with Gasteiger partial charge in [-0.2, -0.15) is 0 Å². The average molecular weight is 406 g/mol. The molecule has 0 bridgehead atoms. The van der Waals surface area contributed by atoms with Gasteiger partial charge in [0.05, 0.1) is 5.57 Å². The van der Waals surface area contributed by atoms with Crippen LogP contribution in [0.25, 0.3) is 16.5 Å². The van der Waals surface area contributed by atoms with Crippen molar-refractivity contribution < 1.29 is 18.7 Å². The molecule has 1 aliphatic carbocycles. The standard InChI is InChI=1S/C27H15FO3/c28-17-12-9-16(10-13-17)22-23-18-6-2-1-5-15(18)11-14-21(23)31-27-20-8-4-3-7-19(20)25(29)26(30)24(22)27/h1-14,22H. The quantitative estimate of drug-likeness (QED) is 0.382. The lowest BCUT2D eigenvalue weighted by Crippen LogP contribution is -2.31. The van der Waals surface area contributed by atoms with Crippen LogP contribution in [0, 0.1) is 5.82 Å². The van der Waals surface area contributed by atoms with Crippen LogP contribution >= 0.6 is 0 Å². The number of ketones is 2. The molecule has 0 aromatic heterocycles. The molecule has 0 saturated carbocycles. The van der Waals surface area contributed by atoms with E-state index in [1.165, 1.54) is 12.1 Å². The first kappa shape index (κ1) is 17.8. The molecule has 0 saturated heterocycles. The maximum Gasteiger partial charge on any atom is 0.234 e. The molecule has 4 aromatic carbocycles. The molecule has 1 atom stereocenters. The minimum absolute atomic E-state index is 0.305. The van der Waals surface area contributed by atoms with Gasteiger partial charge in [0, 0.05) is 22.6 Å². The van der Waals surface area contributed by atoms with Gasteiger partial charge in [0.2, 0.25) is 11.6 Å². The molecule has 4 aromatic rings. The number of carbonyl (C=O) groups excluding carboxylic acids is 2. The zero-order valence-electron chi connectivity index (χ0n) is 16.3. The molecule has 148 valence electrons. The van der Waals surface area contributed by atoms with Crippen molar-refractivity contribution in [3.8, 4) is 5.75 Å². The SMILES string of the molecule is O=C1C(=O)c2ccccc2C2=C1C(c1ccc(F)cc1)c1c(ccc3ccccc13)O2. The molecule has 2 aliphatic rings. The number of halogens is 1. The number of allylic oxidation sites excluding steroid dienone is 1. The summed E-state index contributed by atoms with van der Waals surface area (Å²) in [6.07, 6.45) is 0. The Hall–Kier alpha value is -4.05. The van der Waals surface area contributed by atoms with Crippen LogP contribution in [0.2, 0.25) is 0 Å². The molecule has 0 N–H and O–H groups in total. The van der Waals surface area contributed by atoms with E-state index in [0.717, 1.165) is 21.9 Å². The highest BCUT2D eigenvalue weighted by Crippen LogP contribution is 2.50. The molecular weight excluding hydrogens is 391 g/mol. The van der Waals surface area contributed by atoms with E-state index in [1.54, 1.807) is 30.3 Å². The normalized spacial score (nSPS) is 17.1. The van der Waals surface area contributed by atoms with Gasteiger partial charge in [0.15, 0.2) is 0 Å². The maximum absolute atomic E-state index is 13.7. The predicted octanol–water partition coefficient (Wildman–Crippen LogP) is 5.68. The van der Waals surface area contributed by atoms with E-state index in [2.05, 4.69) is 0 Å². The Kier molecular flexibility index (Phi) is 3.71. The molecule has 0 radical (unpaired) electrons. The summed E-state index contributed by atoms with van der Waals surface area (Å²) in [7, 11) is 0. The van der Waals surface area contributed by atoms with Crippen molar-refractivity contribution in [2.45, 2.75) is 5.92 Å². The van der Waals surface area contributed by atoms with Crippen LogP contribution in [0.4, 0.5) is 4.39 Å². The molecule has 1 heterocycles. The summed E-state index contributed by atoms with van der Waals surface area (Å²) in [5.74, 6) is -1.01. The smallest absolute Gasteiger partial charge is 0.234 e. The third-order valence-electron chi connectivity index (χ3n) is 6.04. The number of hydrogen-bond acceptors (Lipinski definition) is 3. The topological polar surface area (TPSA) is 43.4 Å². The third-order valence-corrected chi connectivity index (χ3v) is 6.04. The summed E-state index contributed by atoms with van der Waals surface area (Å²) < 4.78 is 20.0. The highest BCUT2D eigenvalue weighted by atomic mass is 19.1. The minimum Gasteiger partial charge on any atom is -0.456 e. The van der Waals surface area contributed by atoms with Gasteiger partial charge in [0.25, 0.3) is 0 Å². The number of Topliss-reactive ketones (excluding diaryl/α,β-unsaturated/α-hetero) is 2. The largest absolute Gasteiger partial charge is 0.456 e. The molecule has 0 spiro atoms. The zero-order valence-corrected chi connectivity index (χ0v) is 16.3. The van der Waals surface area contributed by atoms with Crippen LogP contribution in [0.5, 0.6) is 5.75 Å². The van der Waals surface area contributed by atoms with Gasteiger partial charge in [-0.25, -0.2) is 4.39 Å². The van der Waals surface area contributed by atoms with Gasteiger partial charge >= 0.3 is 0 Å². The van der Waals surface area contributed by atoms with Crippen molar-refractivity contribution in [1.29, 1.82) is 0 Å². The van der Waals surface area contributed by atoms with E-state index < -0.39 is 17.5 Å². The van der Waals surface area contributed by atoms with Gasteiger partial charge < -0.3 is 4.74 Å². The molecule has 6 rings (SSSR count). The van der Waals surface area contributed by atoms with E-state index in [4.69, 9.17) is 4.74 Å². The number of benzene rings is 4. The number of ether oxygens (including phenoxy) is 1. The summed E-state index contributed by atoms with van der Waals surface area (Å²) >= 11 is 0. The first-order chi connectivity index (χ1) is 15.1. The van der Waals surface area contributed by atoms with Crippen molar-refractivity contribution in [3.05, 3.63) is 119 Å². The second kappa shape index (κ2) is 6.47. The summed E-state index contributed by atoms with van der Waals surface area (Å²) in [4.78, 5) is 26.3. The van der Waals surface area contributed by atoms with Gasteiger partial charge in [-0.15, -0.1) is 0 Å². The molecule has 31 heavy (non-hydrogen) atoms. The molecule has 1 unspecified atom stereocenters. The summed E-state index contributed by atoms with van der Waals surface area (Å²) in [5, 5.41) is 1.93. The van der Waals surface area contributed by atoms with E-state index in [0.29, 0.717) is 28.2 Å². The predicted molar refractivity (Wildman–Crippen MR) is 116 cm³/mol. The van der Waals surface area contributed by atoms with Crippen molar-refractivity contribution in [3.63, 3.8) is 0 Å². The van der Waals surface area contributed by atoms with Crippen LogP contribution in [0.15, 0.2) is 90.5 Å². The highest BCUT2D eigenvalue weighted by Gasteiger charge is 2.43. The summed E-state index contributed by atoms with van der Waals surface area (Å²) in [5.41, 5.74) is 2.79. The monoisotopic (exact) mass is 406 g/mol. The molecule has 0 fully saturated rings. The van der Waals surface area contributed by atoms with Crippen LogP contribution in [-0.2, 0) is 4.79 Å². The lowest BCUT2D eigenvalue weighted by Gasteiger charge is -2.34. The van der Waals surface area contributed by atoms with Gasteiger partial charge in [0.1, 0.15) is 17.3 Å². The van der Waals surface area contributed by atoms with Gasteiger partial charge in [-0.05, 0) is 34.5 Å². The van der Waals surface area contributed by atoms with Crippen molar-refractivity contribution >= 4 is 28.1 Å². The van der Waals surface area contributed by atoms with Crippen LogP contribution in [-0.4, -0.2) is 11.6 Å². The van der Waals surface area contributed by atoms with E-state index in [-0.39, 0.29) is 5.82 Å². The second-order valence-corrected chi connectivity index (χ2v) is 7.73. The molecule has 1 aliphatic heterocycles. The van der Waals surface area contributed by atoms with Crippen LogP contribution in [0.3, 0.4) is 0 Å². The lowest BCUT2D eigenvalue weighted by atomic mass is 9.74. The lowest BCUT2D eigenvalue weighted by molar-refractivity contribution is -0.112. The van der Waals surface area contributed by atoms with E-state index in [9.17, 15) is 14.0 Å². The van der Waals surface area contributed by atoms with Crippen molar-refractivity contribution in [1.82, 2.24) is 0 Å². The fourth-order valence-corrected chi connectivity index (χ4v) is 4.65. The average Bonchev–Trinajstić information content (AvgIpc) is 2.81. The van der Waals surface area contributed by atoms with E-state index >= 15 is 0 Å². The highest BCUT2D eigenvalue weighted by molar-refractivity contribution is 6.52. The number of carbonyl (C=O) groups is 2. The fourth-order valence-electron chi connectivity index (χ4n) is 4.65. The summed E-state index contributed by atoms with van der Waals surface area (Å²) in [6, 6.07) is 24.8. The maximum atomic E-state index is 13.7. The Labute approximate surface area is 177 Å². The van der Waals surface area contributed by atoms with E-state index in [1.807, 2.05) is 42.5 Å². The molecule has 0 amide bonds. The Morgan fingerprint density at radius 2 is 1.42 bits per heavy atom. The van der Waals surface area contributed by atoms with Crippen LogP contribution < -0.4 is 4.74 Å². The minimum atomic E-state index is -0.582. The van der Waals surface area contributed by atoms with Crippen molar-refractivity contribution in [2.24, 2.45) is 0 Å². The Bertz CT molecular complexity index is 1450. The Morgan fingerprint density at radius 3 is 2.23 bits per heavy atom.